The Morgan fingerprint density at radius 2 is 1.88 bits per heavy atom. The molecule has 2 heterocycles. The lowest BCUT2D eigenvalue weighted by molar-refractivity contribution is -0.149. The summed E-state index contributed by atoms with van der Waals surface area (Å²) < 4.78 is 16.0. The van der Waals surface area contributed by atoms with E-state index in [1.54, 1.807) is 10.9 Å². The van der Waals surface area contributed by atoms with Crippen molar-refractivity contribution in [2.24, 2.45) is 0 Å². The van der Waals surface area contributed by atoms with Gasteiger partial charge in [0.2, 0.25) is 5.67 Å². The van der Waals surface area contributed by atoms with Crippen molar-refractivity contribution in [2.45, 2.75) is 38.3 Å². The molecule has 0 bridgehead atoms. The van der Waals surface area contributed by atoms with Crippen molar-refractivity contribution in [1.82, 2.24) is 14.7 Å². The van der Waals surface area contributed by atoms with Crippen LogP contribution in [0, 0.1) is 0 Å². The molecule has 1 amide bonds. The van der Waals surface area contributed by atoms with Crippen molar-refractivity contribution in [3.8, 4) is 5.69 Å². The number of carbonyl (C=O) groups is 2. The zero-order valence-electron chi connectivity index (χ0n) is 15.1. The van der Waals surface area contributed by atoms with Crippen LogP contribution in [-0.2, 0) is 10.2 Å². The fourth-order valence-electron chi connectivity index (χ4n) is 3.09. The number of rotatable bonds is 3. The highest BCUT2D eigenvalue weighted by Crippen LogP contribution is 2.31. The van der Waals surface area contributed by atoms with E-state index in [0.29, 0.717) is 11.3 Å². The zero-order valence-corrected chi connectivity index (χ0v) is 15.1. The number of para-hydroxylation sites is 1. The summed E-state index contributed by atoms with van der Waals surface area (Å²) in [6.07, 6.45) is 1.43. The van der Waals surface area contributed by atoms with Crippen molar-refractivity contribution >= 4 is 11.9 Å². The average molecular weight is 359 g/mol. The van der Waals surface area contributed by atoms with Gasteiger partial charge in [-0.1, -0.05) is 39.0 Å². The van der Waals surface area contributed by atoms with Crippen LogP contribution in [0.25, 0.3) is 5.69 Å². The number of halogens is 1. The van der Waals surface area contributed by atoms with Crippen LogP contribution in [-0.4, -0.2) is 50.4 Å². The molecule has 1 atom stereocenters. The molecule has 26 heavy (non-hydrogen) atoms. The maximum Gasteiger partial charge on any atom is 0.343 e. The minimum absolute atomic E-state index is 0.0712. The van der Waals surface area contributed by atoms with Crippen molar-refractivity contribution < 1.29 is 19.1 Å². The van der Waals surface area contributed by atoms with Gasteiger partial charge in [0.1, 0.15) is 0 Å². The summed E-state index contributed by atoms with van der Waals surface area (Å²) in [6, 6.07) is 9.39. The van der Waals surface area contributed by atoms with Crippen LogP contribution < -0.4 is 0 Å². The predicted molar refractivity (Wildman–Crippen MR) is 94.3 cm³/mol. The molecule has 138 valence electrons. The number of aliphatic carboxylic acids is 1. The smallest absolute Gasteiger partial charge is 0.343 e. The van der Waals surface area contributed by atoms with Gasteiger partial charge in [0, 0.05) is 24.6 Å². The first-order valence-corrected chi connectivity index (χ1v) is 8.49. The lowest BCUT2D eigenvalue weighted by Crippen LogP contribution is -2.39. The third kappa shape index (κ3) is 3.21. The number of hydrogen-bond acceptors (Lipinski definition) is 3. The fourth-order valence-corrected chi connectivity index (χ4v) is 3.09. The van der Waals surface area contributed by atoms with E-state index >= 15 is 0 Å². The van der Waals surface area contributed by atoms with Gasteiger partial charge in [0.15, 0.2) is 0 Å². The molecular formula is C19H22FN3O3. The first-order valence-electron chi connectivity index (χ1n) is 8.49. The highest BCUT2D eigenvalue weighted by Gasteiger charge is 2.47. The Morgan fingerprint density at radius 1 is 1.23 bits per heavy atom. The van der Waals surface area contributed by atoms with Gasteiger partial charge < -0.3 is 10.0 Å². The van der Waals surface area contributed by atoms with Gasteiger partial charge in [0.05, 0.1) is 23.5 Å². The molecule has 0 saturated carbocycles. The predicted octanol–water partition coefficient (Wildman–Crippen LogP) is 2.81. The number of amides is 1. The van der Waals surface area contributed by atoms with Gasteiger partial charge in [0.25, 0.3) is 5.91 Å². The lowest BCUT2D eigenvalue weighted by Gasteiger charge is -2.21. The summed E-state index contributed by atoms with van der Waals surface area (Å²) >= 11 is 0. The number of benzene rings is 1. The molecule has 0 radical (unpaired) electrons. The standard InChI is InChI=1S/C19H22FN3O3/c1-18(2,3)15-14(11-23(21-15)13-7-5-4-6-8-13)16(24)22-10-9-19(20,12-22)17(25)26/h4-8,11H,9-10,12H2,1-3H3,(H,25,26). The van der Waals surface area contributed by atoms with Gasteiger partial charge in [-0.15, -0.1) is 0 Å². The fraction of sp³-hybridized carbons (Fsp3) is 0.421. The number of nitrogens with zero attached hydrogens (tertiary/aromatic N) is 3. The monoisotopic (exact) mass is 359 g/mol. The molecule has 1 fully saturated rings. The molecule has 2 aromatic rings. The maximum atomic E-state index is 14.4. The Labute approximate surface area is 151 Å². The first kappa shape index (κ1) is 18.1. The van der Waals surface area contributed by atoms with E-state index in [4.69, 9.17) is 5.11 Å². The van der Waals surface area contributed by atoms with Crippen LogP contribution in [0.15, 0.2) is 36.5 Å². The number of hydrogen-bond donors (Lipinski definition) is 1. The van der Waals surface area contributed by atoms with Crippen LogP contribution in [0.3, 0.4) is 0 Å². The molecule has 1 aliphatic rings. The largest absolute Gasteiger partial charge is 0.479 e. The second-order valence-electron chi connectivity index (χ2n) is 7.67. The number of likely N-dealkylation sites (tertiary alicyclic amines) is 1. The summed E-state index contributed by atoms with van der Waals surface area (Å²) in [4.78, 5) is 25.4. The molecule has 7 heteroatoms. The van der Waals surface area contributed by atoms with Crippen LogP contribution in [0.1, 0.15) is 43.2 Å². The Balaban J connectivity index is 1.98. The van der Waals surface area contributed by atoms with Crippen molar-refractivity contribution in [3.05, 3.63) is 47.8 Å². The molecular weight excluding hydrogens is 337 g/mol. The molecule has 1 aromatic carbocycles. The summed E-state index contributed by atoms with van der Waals surface area (Å²) in [5.41, 5.74) is -1.00. The molecule has 1 saturated heterocycles. The minimum atomic E-state index is -2.38. The lowest BCUT2D eigenvalue weighted by atomic mass is 9.89. The highest BCUT2D eigenvalue weighted by atomic mass is 19.1. The molecule has 1 aromatic heterocycles. The van der Waals surface area contributed by atoms with Gasteiger partial charge in [-0.3, -0.25) is 4.79 Å². The molecule has 0 aliphatic carbocycles. The maximum absolute atomic E-state index is 14.4. The quantitative estimate of drug-likeness (QED) is 0.914. The minimum Gasteiger partial charge on any atom is -0.479 e. The average Bonchev–Trinajstić information content (AvgIpc) is 3.20. The normalized spacial score (nSPS) is 20.4. The molecule has 6 nitrogen and oxygen atoms in total. The third-order valence-corrected chi connectivity index (χ3v) is 4.57. The third-order valence-electron chi connectivity index (χ3n) is 4.57. The number of carbonyl (C=O) groups excluding carboxylic acids is 1. The summed E-state index contributed by atoms with van der Waals surface area (Å²) in [7, 11) is 0. The van der Waals surface area contributed by atoms with Crippen molar-refractivity contribution in [1.29, 1.82) is 0 Å². The second-order valence-corrected chi connectivity index (χ2v) is 7.67. The summed E-state index contributed by atoms with van der Waals surface area (Å²) in [5.74, 6) is -1.92. The zero-order chi connectivity index (χ0) is 19.1. The number of aromatic nitrogens is 2. The Kier molecular flexibility index (Phi) is 4.34. The molecule has 3 rings (SSSR count). The topological polar surface area (TPSA) is 75.4 Å². The Morgan fingerprint density at radius 3 is 2.42 bits per heavy atom. The van der Waals surface area contributed by atoms with Gasteiger partial charge in [-0.05, 0) is 12.1 Å². The molecule has 0 spiro atoms. The van der Waals surface area contributed by atoms with E-state index in [2.05, 4.69) is 5.10 Å². The molecule has 1 unspecified atom stereocenters. The van der Waals surface area contributed by atoms with Crippen LogP contribution in [0.5, 0.6) is 0 Å². The van der Waals surface area contributed by atoms with E-state index in [1.165, 1.54) is 4.90 Å². The SMILES string of the molecule is CC(C)(C)c1nn(-c2ccccc2)cc1C(=O)N1CCC(F)(C(=O)O)C1. The number of carboxylic acid groups (broad SMARTS) is 1. The van der Waals surface area contributed by atoms with Crippen LogP contribution >= 0.6 is 0 Å². The summed E-state index contributed by atoms with van der Waals surface area (Å²) in [6.45, 7) is 5.47. The van der Waals surface area contributed by atoms with Crippen LogP contribution in [0.2, 0.25) is 0 Å². The second kappa shape index (κ2) is 6.23. The van der Waals surface area contributed by atoms with Gasteiger partial charge in [-0.2, -0.15) is 5.10 Å². The summed E-state index contributed by atoms with van der Waals surface area (Å²) in [5, 5.41) is 13.6. The van der Waals surface area contributed by atoms with E-state index in [9.17, 15) is 14.0 Å². The Hall–Kier alpha value is -2.70. The van der Waals surface area contributed by atoms with Crippen molar-refractivity contribution in [2.75, 3.05) is 13.1 Å². The molecule has 1 N–H and O–H groups in total. The highest BCUT2D eigenvalue weighted by molar-refractivity contribution is 5.96. The van der Waals surface area contributed by atoms with E-state index in [0.717, 1.165) is 5.69 Å². The first-order chi connectivity index (χ1) is 12.1. The van der Waals surface area contributed by atoms with E-state index in [1.807, 2.05) is 51.1 Å². The number of alkyl halides is 1. The number of carboxylic acids is 1. The Bertz CT molecular complexity index is 841. The van der Waals surface area contributed by atoms with Gasteiger partial charge >= 0.3 is 5.97 Å². The van der Waals surface area contributed by atoms with E-state index in [-0.39, 0.29) is 13.0 Å². The van der Waals surface area contributed by atoms with Gasteiger partial charge in [-0.25, -0.2) is 13.9 Å². The molecule has 1 aliphatic heterocycles. The van der Waals surface area contributed by atoms with Crippen LogP contribution in [0.4, 0.5) is 4.39 Å². The van der Waals surface area contributed by atoms with E-state index < -0.39 is 29.5 Å². The van der Waals surface area contributed by atoms with Crippen molar-refractivity contribution in [3.63, 3.8) is 0 Å².